The van der Waals surface area contributed by atoms with Crippen LogP contribution >= 0.6 is 12.2 Å². The Morgan fingerprint density at radius 2 is 1.96 bits per heavy atom. The largest absolute Gasteiger partial charge is 0.546 e. The molecule has 0 atom stereocenters. The van der Waals surface area contributed by atoms with Crippen molar-refractivity contribution in [1.29, 1.82) is 0 Å². The number of hydrogen-bond donors (Lipinski definition) is 2. The number of aliphatic carboxylic acids is 1. The van der Waals surface area contributed by atoms with Crippen LogP contribution in [0.1, 0.15) is 18.1 Å². The summed E-state index contributed by atoms with van der Waals surface area (Å²) in [5.41, 5.74) is 6.26. The van der Waals surface area contributed by atoms with Crippen LogP contribution in [0.2, 0.25) is 0 Å². The maximum Gasteiger partial charge on any atom is 0.191 e. The summed E-state index contributed by atoms with van der Waals surface area (Å²) in [6.07, 6.45) is 0. The van der Waals surface area contributed by atoms with Gasteiger partial charge in [0.15, 0.2) is 5.11 Å². The van der Waals surface area contributed by atoms with E-state index in [9.17, 15) is 9.90 Å². The molecule has 0 bridgehead atoms. The minimum absolute atomic E-state index is 0.368. The molecule has 0 fully saturated rings. The molecule has 130 valence electrons. The van der Waals surface area contributed by atoms with Crippen molar-refractivity contribution in [2.45, 2.75) is 13.8 Å². The molecule has 0 spiro atoms. The zero-order chi connectivity index (χ0) is 18.2. The summed E-state index contributed by atoms with van der Waals surface area (Å²) in [6.45, 7) is 3.32. The molecule has 0 amide bonds. The summed E-state index contributed by atoms with van der Waals surface area (Å²) < 4.78 is 5.10. The third-order valence-corrected chi connectivity index (χ3v) is 3.44. The van der Waals surface area contributed by atoms with Crippen LogP contribution < -0.4 is 20.6 Å². The maximum atomic E-state index is 10.4. The zero-order valence-electron chi connectivity index (χ0n) is 13.9. The number of hydrazone groups is 1. The predicted octanol–water partition coefficient (Wildman–Crippen LogP) is 1.83. The molecule has 7 heteroatoms. The lowest BCUT2D eigenvalue weighted by atomic mass is 10.1. The second-order valence-electron chi connectivity index (χ2n) is 5.32. The zero-order valence-corrected chi connectivity index (χ0v) is 14.7. The van der Waals surface area contributed by atoms with Crippen LogP contribution in [0, 0.1) is 6.92 Å². The highest BCUT2D eigenvalue weighted by molar-refractivity contribution is 7.80. The highest BCUT2D eigenvalue weighted by Gasteiger charge is 2.02. The molecule has 0 saturated heterocycles. The summed E-state index contributed by atoms with van der Waals surface area (Å²) >= 11 is 5.21. The molecule has 2 aromatic rings. The first-order valence-corrected chi connectivity index (χ1v) is 7.96. The Hall–Kier alpha value is -2.93. The van der Waals surface area contributed by atoms with Gasteiger partial charge in [-0.1, -0.05) is 29.8 Å². The van der Waals surface area contributed by atoms with Gasteiger partial charge >= 0.3 is 0 Å². The van der Waals surface area contributed by atoms with E-state index in [4.69, 9.17) is 17.0 Å². The van der Waals surface area contributed by atoms with Crippen molar-refractivity contribution in [3.63, 3.8) is 0 Å². The first kappa shape index (κ1) is 18.4. The van der Waals surface area contributed by atoms with E-state index in [2.05, 4.69) is 15.8 Å². The number of aryl methyl sites for hydroxylation is 1. The van der Waals surface area contributed by atoms with Gasteiger partial charge in [0.05, 0.1) is 11.7 Å². The lowest BCUT2D eigenvalue weighted by Gasteiger charge is -2.10. The molecule has 0 heterocycles. The van der Waals surface area contributed by atoms with Crippen molar-refractivity contribution < 1.29 is 14.6 Å². The fourth-order valence-corrected chi connectivity index (χ4v) is 2.11. The first-order chi connectivity index (χ1) is 11.9. The van der Waals surface area contributed by atoms with Gasteiger partial charge in [-0.05, 0) is 50.3 Å². The van der Waals surface area contributed by atoms with E-state index in [0.717, 1.165) is 11.3 Å². The average Bonchev–Trinajstić information content (AvgIpc) is 2.60. The van der Waals surface area contributed by atoms with Crippen LogP contribution in [0.25, 0.3) is 0 Å². The molecular formula is C18H18N3O3S-. The van der Waals surface area contributed by atoms with Gasteiger partial charge in [0.25, 0.3) is 0 Å². The van der Waals surface area contributed by atoms with Crippen molar-refractivity contribution in [1.82, 2.24) is 5.43 Å². The molecule has 2 aromatic carbocycles. The molecule has 0 aromatic heterocycles. The second kappa shape index (κ2) is 8.79. The molecule has 0 unspecified atom stereocenters. The summed E-state index contributed by atoms with van der Waals surface area (Å²) in [5, 5.41) is 18.1. The number of carbonyl (C=O) groups is 1. The molecule has 0 aliphatic rings. The Morgan fingerprint density at radius 1 is 1.24 bits per heavy atom. The third kappa shape index (κ3) is 6.23. The standard InChI is InChI=1S/C18H19N3O3S/c1-12-6-8-15(9-7-12)19-18(25)21-20-13(2)14-4-3-5-16(10-14)24-11-17(22)23/h3-10H,11H2,1-2H3,(H,22,23)(H2,19,21,25)/p-1/b20-13-. The van der Waals surface area contributed by atoms with Gasteiger partial charge in [0, 0.05) is 11.3 Å². The van der Waals surface area contributed by atoms with Crippen molar-refractivity contribution in [2.24, 2.45) is 5.10 Å². The van der Waals surface area contributed by atoms with Gasteiger partial charge in [-0.2, -0.15) is 5.10 Å². The van der Waals surface area contributed by atoms with Crippen LogP contribution in [-0.2, 0) is 4.79 Å². The van der Waals surface area contributed by atoms with Crippen LogP contribution in [0.5, 0.6) is 5.75 Å². The number of carboxylic acids is 1. The monoisotopic (exact) mass is 356 g/mol. The van der Waals surface area contributed by atoms with Crippen molar-refractivity contribution in [3.05, 3.63) is 59.7 Å². The molecule has 0 saturated carbocycles. The second-order valence-corrected chi connectivity index (χ2v) is 5.73. The Morgan fingerprint density at radius 3 is 2.64 bits per heavy atom. The Kier molecular flexibility index (Phi) is 6.47. The molecular weight excluding hydrogens is 338 g/mol. The third-order valence-electron chi connectivity index (χ3n) is 3.24. The number of benzene rings is 2. The number of rotatable bonds is 6. The summed E-state index contributed by atoms with van der Waals surface area (Å²) in [4.78, 5) is 10.4. The van der Waals surface area contributed by atoms with E-state index in [0.29, 0.717) is 16.6 Å². The number of hydrogen-bond acceptors (Lipinski definition) is 5. The van der Waals surface area contributed by atoms with Gasteiger partial charge < -0.3 is 20.0 Å². The molecule has 0 aliphatic carbocycles. The number of ether oxygens (including phenoxy) is 1. The normalized spacial score (nSPS) is 10.9. The average molecular weight is 356 g/mol. The van der Waals surface area contributed by atoms with Crippen LogP contribution in [-0.4, -0.2) is 23.4 Å². The highest BCUT2D eigenvalue weighted by atomic mass is 32.1. The number of nitrogens with zero attached hydrogens (tertiary/aromatic N) is 1. The van der Waals surface area contributed by atoms with Gasteiger partial charge in [-0.3, -0.25) is 5.43 Å². The predicted molar refractivity (Wildman–Crippen MR) is 99.7 cm³/mol. The van der Waals surface area contributed by atoms with E-state index < -0.39 is 12.6 Å². The molecule has 6 nitrogen and oxygen atoms in total. The molecule has 25 heavy (non-hydrogen) atoms. The lowest BCUT2D eigenvalue weighted by molar-refractivity contribution is -0.307. The van der Waals surface area contributed by atoms with Crippen molar-refractivity contribution in [3.8, 4) is 5.75 Å². The van der Waals surface area contributed by atoms with Crippen LogP contribution in [0.4, 0.5) is 5.69 Å². The number of carbonyl (C=O) groups excluding carboxylic acids is 1. The SMILES string of the molecule is C/C(=N/NC(=S)Nc1ccc(C)cc1)c1cccc(OCC(=O)[O-])c1. The Labute approximate surface area is 151 Å². The lowest BCUT2D eigenvalue weighted by Crippen LogP contribution is -2.29. The molecule has 0 radical (unpaired) electrons. The summed E-state index contributed by atoms with van der Waals surface area (Å²) in [6, 6.07) is 14.8. The van der Waals surface area contributed by atoms with Gasteiger partial charge in [0.2, 0.25) is 0 Å². The van der Waals surface area contributed by atoms with Gasteiger partial charge in [-0.15, -0.1) is 0 Å². The number of nitrogens with one attached hydrogen (secondary N) is 2. The van der Waals surface area contributed by atoms with Gasteiger partial charge in [-0.25, -0.2) is 0 Å². The van der Waals surface area contributed by atoms with Crippen molar-refractivity contribution in [2.75, 3.05) is 11.9 Å². The van der Waals surface area contributed by atoms with E-state index in [-0.39, 0.29) is 0 Å². The fourth-order valence-electron chi connectivity index (χ4n) is 1.95. The van der Waals surface area contributed by atoms with E-state index in [1.54, 1.807) is 25.1 Å². The first-order valence-electron chi connectivity index (χ1n) is 7.55. The van der Waals surface area contributed by atoms with Gasteiger partial charge in [0.1, 0.15) is 12.4 Å². The van der Waals surface area contributed by atoms with E-state index >= 15 is 0 Å². The number of thiocarbonyl (C=S) groups is 1. The molecule has 0 aliphatic heterocycles. The number of anilines is 1. The Bertz CT molecular complexity index is 788. The molecule has 2 N–H and O–H groups in total. The van der Waals surface area contributed by atoms with E-state index in [1.165, 1.54) is 5.56 Å². The smallest absolute Gasteiger partial charge is 0.191 e. The van der Waals surface area contributed by atoms with Crippen LogP contribution in [0.15, 0.2) is 53.6 Å². The number of carboxylic acid groups (broad SMARTS) is 1. The topological polar surface area (TPSA) is 85.8 Å². The molecule has 2 rings (SSSR count). The quantitative estimate of drug-likeness (QED) is 0.467. The highest BCUT2D eigenvalue weighted by Crippen LogP contribution is 2.14. The summed E-state index contributed by atoms with van der Waals surface area (Å²) in [5.74, 6) is -0.846. The fraction of sp³-hybridized carbons (Fsp3) is 0.167. The van der Waals surface area contributed by atoms with Crippen LogP contribution in [0.3, 0.4) is 0 Å². The Balaban J connectivity index is 1.96. The van der Waals surface area contributed by atoms with Crippen molar-refractivity contribution >= 4 is 34.7 Å². The maximum absolute atomic E-state index is 10.4. The van der Waals surface area contributed by atoms with E-state index in [1.807, 2.05) is 37.3 Å². The minimum atomic E-state index is -1.27. The minimum Gasteiger partial charge on any atom is -0.546 e. The summed E-state index contributed by atoms with van der Waals surface area (Å²) in [7, 11) is 0.